The van der Waals surface area contributed by atoms with Crippen LogP contribution in [0.1, 0.15) is 27.2 Å². The molecule has 24 heavy (non-hydrogen) atoms. The molecule has 0 saturated heterocycles. The Labute approximate surface area is 145 Å². The second-order valence-corrected chi connectivity index (χ2v) is 5.74. The number of nitrogens with one attached hydrogen (secondary N) is 2. The van der Waals surface area contributed by atoms with E-state index in [0.29, 0.717) is 30.0 Å². The zero-order chi connectivity index (χ0) is 17.8. The van der Waals surface area contributed by atoms with Crippen LogP contribution in [-0.2, 0) is 4.74 Å². The molecule has 0 radical (unpaired) electrons. The lowest BCUT2D eigenvalue weighted by Crippen LogP contribution is -2.32. The average molecular weight is 337 g/mol. The Morgan fingerprint density at radius 2 is 2.04 bits per heavy atom. The van der Waals surface area contributed by atoms with Gasteiger partial charge in [-0.1, -0.05) is 13.8 Å². The van der Waals surface area contributed by atoms with Crippen molar-refractivity contribution < 1.29 is 14.2 Å². The summed E-state index contributed by atoms with van der Waals surface area (Å²) < 4.78 is 16.4. The fourth-order valence-corrected chi connectivity index (χ4v) is 2.04. The van der Waals surface area contributed by atoms with Gasteiger partial charge in [-0.15, -0.1) is 0 Å². The van der Waals surface area contributed by atoms with E-state index in [0.717, 1.165) is 31.9 Å². The Hall–Kier alpha value is -1.95. The zero-order valence-corrected chi connectivity index (χ0v) is 15.5. The average Bonchev–Trinajstić information content (AvgIpc) is 2.57. The molecule has 0 bridgehead atoms. The van der Waals surface area contributed by atoms with E-state index < -0.39 is 0 Å². The van der Waals surface area contributed by atoms with Gasteiger partial charge in [0.05, 0.1) is 13.7 Å². The van der Waals surface area contributed by atoms with Gasteiger partial charge in [0.1, 0.15) is 0 Å². The maximum atomic E-state index is 5.59. The molecule has 1 rings (SSSR count). The number of nitrogens with zero attached hydrogens (tertiary/aromatic N) is 1. The molecule has 0 aliphatic carbocycles. The first-order valence-corrected chi connectivity index (χ1v) is 8.46. The zero-order valence-electron chi connectivity index (χ0n) is 15.5. The van der Waals surface area contributed by atoms with Gasteiger partial charge < -0.3 is 24.8 Å². The first kappa shape index (κ1) is 20.1. The Morgan fingerprint density at radius 1 is 1.25 bits per heavy atom. The van der Waals surface area contributed by atoms with E-state index >= 15 is 0 Å². The molecule has 0 fully saturated rings. The first-order valence-electron chi connectivity index (χ1n) is 8.46. The molecule has 6 heteroatoms. The molecule has 0 unspecified atom stereocenters. The first-order chi connectivity index (χ1) is 11.6. The third kappa shape index (κ3) is 7.55. The van der Waals surface area contributed by atoms with Gasteiger partial charge in [-0.2, -0.15) is 0 Å². The molecule has 0 spiro atoms. The standard InChI is InChI=1S/C18H31N3O3/c1-6-24-17-12-15(8-9-16(17)22-5)21-18(19-4)20-10-7-11-23-13-14(2)3/h8-9,12,14H,6-7,10-11,13H2,1-5H3,(H2,19,20,21). The fourth-order valence-electron chi connectivity index (χ4n) is 2.04. The maximum absolute atomic E-state index is 5.59. The summed E-state index contributed by atoms with van der Waals surface area (Å²) >= 11 is 0. The predicted octanol–water partition coefficient (Wildman–Crippen LogP) is 3.14. The van der Waals surface area contributed by atoms with Crippen LogP contribution in [0.25, 0.3) is 0 Å². The molecular weight excluding hydrogens is 306 g/mol. The van der Waals surface area contributed by atoms with Gasteiger partial charge in [-0.3, -0.25) is 4.99 Å². The summed E-state index contributed by atoms with van der Waals surface area (Å²) in [6.45, 7) is 9.18. The number of hydrogen-bond acceptors (Lipinski definition) is 4. The molecule has 1 aromatic carbocycles. The summed E-state index contributed by atoms with van der Waals surface area (Å²) in [5, 5.41) is 6.52. The number of aliphatic imine (C=N–C) groups is 1. The molecule has 0 atom stereocenters. The van der Waals surface area contributed by atoms with Gasteiger partial charge in [-0.05, 0) is 31.4 Å². The molecule has 0 amide bonds. The number of hydrogen-bond donors (Lipinski definition) is 2. The van der Waals surface area contributed by atoms with Crippen molar-refractivity contribution in [1.29, 1.82) is 0 Å². The van der Waals surface area contributed by atoms with E-state index in [-0.39, 0.29) is 0 Å². The second kappa shape index (κ2) is 11.6. The van der Waals surface area contributed by atoms with Crippen molar-refractivity contribution in [1.82, 2.24) is 5.32 Å². The van der Waals surface area contributed by atoms with E-state index in [9.17, 15) is 0 Å². The fraction of sp³-hybridized carbons (Fsp3) is 0.611. The van der Waals surface area contributed by atoms with E-state index in [2.05, 4.69) is 29.5 Å². The van der Waals surface area contributed by atoms with Crippen molar-refractivity contribution in [2.75, 3.05) is 45.8 Å². The second-order valence-electron chi connectivity index (χ2n) is 5.74. The van der Waals surface area contributed by atoms with E-state index in [1.54, 1.807) is 14.2 Å². The summed E-state index contributed by atoms with van der Waals surface area (Å²) in [6, 6.07) is 5.71. The number of ether oxygens (including phenoxy) is 3. The largest absolute Gasteiger partial charge is 0.493 e. The topological polar surface area (TPSA) is 64.1 Å². The minimum atomic E-state index is 0.571. The Balaban J connectivity index is 2.46. The summed E-state index contributed by atoms with van der Waals surface area (Å²) in [6.07, 6.45) is 0.931. The van der Waals surface area contributed by atoms with Gasteiger partial charge in [0.15, 0.2) is 17.5 Å². The van der Waals surface area contributed by atoms with Gasteiger partial charge in [0.25, 0.3) is 0 Å². The van der Waals surface area contributed by atoms with Crippen molar-refractivity contribution in [3.8, 4) is 11.5 Å². The smallest absolute Gasteiger partial charge is 0.195 e. The molecule has 0 aromatic heterocycles. The van der Waals surface area contributed by atoms with E-state index in [4.69, 9.17) is 14.2 Å². The highest BCUT2D eigenvalue weighted by Crippen LogP contribution is 2.30. The number of benzene rings is 1. The number of anilines is 1. The van der Waals surface area contributed by atoms with Crippen molar-refractivity contribution >= 4 is 11.6 Å². The Kier molecular flexibility index (Phi) is 9.68. The third-order valence-electron chi connectivity index (χ3n) is 3.16. The van der Waals surface area contributed by atoms with E-state index in [1.807, 2.05) is 25.1 Å². The van der Waals surface area contributed by atoms with Gasteiger partial charge in [0, 0.05) is 38.6 Å². The lowest BCUT2D eigenvalue weighted by molar-refractivity contribution is 0.108. The third-order valence-corrected chi connectivity index (χ3v) is 3.16. The minimum absolute atomic E-state index is 0.571. The minimum Gasteiger partial charge on any atom is -0.493 e. The number of methoxy groups -OCH3 is 1. The van der Waals surface area contributed by atoms with Crippen LogP contribution in [0.15, 0.2) is 23.2 Å². The molecule has 0 aliphatic heterocycles. The summed E-state index contributed by atoms with van der Waals surface area (Å²) in [4.78, 5) is 4.23. The van der Waals surface area contributed by atoms with Crippen LogP contribution < -0.4 is 20.1 Å². The monoisotopic (exact) mass is 337 g/mol. The van der Waals surface area contributed by atoms with Crippen LogP contribution >= 0.6 is 0 Å². The highest BCUT2D eigenvalue weighted by molar-refractivity contribution is 5.93. The van der Waals surface area contributed by atoms with Crippen LogP contribution in [-0.4, -0.2) is 46.5 Å². The molecule has 0 heterocycles. The van der Waals surface area contributed by atoms with Crippen molar-refractivity contribution in [3.63, 3.8) is 0 Å². The van der Waals surface area contributed by atoms with Crippen molar-refractivity contribution in [3.05, 3.63) is 18.2 Å². The normalized spacial score (nSPS) is 11.5. The summed E-state index contributed by atoms with van der Waals surface area (Å²) in [7, 11) is 3.38. The lowest BCUT2D eigenvalue weighted by Gasteiger charge is -2.15. The van der Waals surface area contributed by atoms with Crippen molar-refractivity contribution in [2.45, 2.75) is 27.2 Å². The van der Waals surface area contributed by atoms with Gasteiger partial charge in [-0.25, -0.2) is 0 Å². The van der Waals surface area contributed by atoms with Gasteiger partial charge >= 0.3 is 0 Å². The summed E-state index contributed by atoms with van der Waals surface area (Å²) in [5.74, 6) is 2.71. The molecule has 136 valence electrons. The number of rotatable bonds is 10. The van der Waals surface area contributed by atoms with Crippen LogP contribution in [0.3, 0.4) is 0 Å². The molecule has 0 aliphatic rings. The quantitative estimate of drug-likeness (QED) is 0.390. The molecule has 1 aromatic rings. The Bertz CT molecular complexity index is 504. The highest BCUT2D eigenvalue weighted by atomic mass is 16.5. The lowest BCUT2D eigenvalue weighted by atomic mass is 10.2. The highest BCUT2D eigenvalue weighted by Gasteiger charge is 2.06. The number of guanidine groups is 1. The van der Waals surface area contributed by atoms with Crippen LogP contribution in [0.2, 0.25) is 0 Å². The summed E-state index contributed by atoms with van der Waals surface area (Å²) in [5.41, 5.74) is 0.892. The predicted molar refractivity (Wildman–Crippen MR) is 99.4 cm³/mol. The van der Waals surface area contributed by atoms with Crippen LogP contribution in [0.5, 0.6) is 11.5 Å². The Morgan fingerprint density at radius 3 is 2.67 bits per heavy atom. The SMILES string of the molecule is CCOc1cc(NC(=NC)NCCCOCC(C)C)ccc1OC. The maximum Gasteiger partial charge on any atom is 0.195 e. The molecular formula is C18H31N3O3. The molecule has 6 nitrogen and oxygen atoms in total. The van der Waals surface area contributed by atoms with Crippen LogP contribution in [0, 0.1) is 5.92 Å². The van der Waals surface area contributed by atoms with E-state index in [1.165, 1.54) is 0 Å². The molecule has 0 saturated carbocycles. The van der Waals surface area contributed by atoms with Crippen molar-refractivity contribution in [2.24, 2.45) is 10.9 Å². The van der Waals surface area contributed by atoms with Gasteiger partial charge in [0.2, 0.25) is 0 Å². The molecule has 2 N–H and O–H groups in total. The van der Waals surface area contributed by atoms with Crippen LogP contribution in [0.4, 0.5) is 5.69 Å².